The van der Waals surface area contributed by atoms with Gasteiger partial charge < -0.3 is 18.9 Å². The molecule has 0 saturated carbocycles. The van der Waals surface area contributed by atoms with Crippen LogP contribution in [0.1, 0.15) is 39.5 Å². The molecule has 0 radical (unpaired) electrons. The fraction of sp³-hybridized carbons (Fsp3) is 0.857. The molecular formula is C14H26O6. The van der Waals surface area contributed by atoms with Crippen LogP contribution in [0.5, 0.6) is 0 Å². The third-order valence-corrected chi connectivity index (χ3v) is 2.39. The van der Waals surface area contributed by atoms with Crippen molar-refractivity contribution in [3.8, 4) is 0 Å². The Kier molecular flexibility index (Phi) is 13.5. The lowest BCUT2D eigenvalue weighted by atomic mass is 10.2. The third kappa shape index (κ3) is 16.9. The Morgan fingerprint density at radius 2 is 1.00 bits per heavy atom. The molecule has 0 amide bonds. The first-order chi connectivity index (χ1) is 9.63. The van der Waals surface area contributed by atoms with E-state index in [4.69, 9.17) is 18.9 Å². The first-order valence-electron chi connectivity index (χ1n) is 7.05. The zero-order chi connectivity index (χ0) is 15.1. The predicted molar refractivity (Wildman–Crippen MR) is 73.4 cm³/mol. The Labute approximate surface area is 120 Å². The van der Waals surface area contributed by atoms with Gasteiger partial charge in [-0.25, -0.2) is 0 Å². The number of carbonyl (C=O) groups excluding carboxylic acids is 2. The first kappa shape index (κ1) is 18.9. The van der Waals surface area contributed by atoms with E-state index in [1.807, 2.05) is 0 Å². The van der Waals surface area contributed by atoms with Crippen LogP contribution < -0.4 is 0 Å². The van der Waals surface area contributed by atoms with E-state index in [1.165, 1.54) is 13.8 Å². The molecule has 0 aromatic heterocycles. The zero-order valence-corrected chi connectivity index (χ0v) is 12.5. The number of esters is 2. The Balaban J connectivity index is 2.99. The fourth-order valence-electron chi connectivity index (χ4n) is 1.45. The summed E-state index contributed by atoms with van der Waals surface area (Å²) in [5.74, 6) is -0.551. The molecule has 6 nitrogen and oxygen atoms in total. The highest BCUT2D eigenvalue weighted by Gasteiger charge is 1.95. The average Bonchev–Trinajstić information content (AvgIpc) is 2.38. The fourth-order valence-corrected chi connectivity index (χ4v) is 1.45. The maximum atomic E-state index is 10.5. The molecule has 0 heterocycles. The predicted octanol–water partition coefficient (Wildman–Crippen LogP) is 1.71. The van der Waals surface area contributed by atoms with Crippen molar-refractivity contribution in [1.29, 1.82) is 0 Å². The van der Waals surface area contributed by atoms with Crippen molar-refractivity contribution in [1.82, 2.24) is 0 Å². The number of ether oxygens (including phenoxy) is 4. The van der Waals surface area contributed by atoms with E-state index in [0.29, 0.717) is 39.6 Å². The third-order valence-electron chi connectivity index (χ3n) is 2.39. The van der Waals surface area contributed by atoms with E-state index < -0.39 is 0 Å². The lowest BCUT2D eigenvalue weighted by molar-refractivity contribution is -0.143. The SMILES string of the molecule is CC(=O)OCCOCCCCCCOCCOC(C)=O. The molecule has 0 aromatic carbocycles. The molecule has 0 unspecified atom stereocenters. The van der Waals surface area contributed by atoms with Gasteiger partial charge in [-0.1, -0.05) is 12.8 Å². The van der Waals surface area contributed by atoms with Crippen molar-refractivity contribution in [2.24, 2.45) is 0 Å². The molecule has 20 heavy (non-hydrogen) atoms. The van der Waals surface area contributed by atoms with Gasteiger partial charge >= 0.3 is 11.9 Å². The average molecular weight is 290 g/mol. The van der Waals surface area contributed by atoms with Crippen LogP contribution in [0.25, 0.3) is 0 Å². The number of hydrogen-bond acceptors (Lipinski definition) is 6. The van der Waals surface area contributed by atoms with Gasteiger partial charge in [0.25, 0.3) is 0 Å². The largest absolute Gasteiger partial charge is 0.463 e. The molecule has 0 spiro atoms. The smallest absolute Gasteiger partial charge is 0.302 e. The second-order valence-electron chi connectivity index (χ2n) is 4.32. The molecule has 0 aromatic rings. The van der Waals surface area contributed by atoms with Crippen molar-refractivity contribution in [3.63, 3.8) is 0 Å². The van der Waals surface area contributed by atoms with Crippen molar-refractivity contribution in [2.75, 3.05) is 39.6 Å². The van der Waals surface area contributed by atoms with Gasteiger partial charge in [-0.05, 0) is 12.8 Å². The van der Waals surface area contributed by atoms with Gasteiger partial charge in [0.2, 0.25) is 0 Å². The van der Waals surface area contributed by atoms with Crippen LogP contribution in [0, 0.1) is 0 Å². The molecule has 0 saturated heterocycles. The highest BCUT2D eigenvalue weighted by Crippen LogP contribution is 2.00. The normalized spacial score (nSPS) is 10.3. The van der Waals surface area contributed by atoms with Crippen molar-refractivity contribution >= 4 is 11.9 Å². The first-order valence-corrected chi connectivity index (χ1v) is 7.05. The number of hydrogen-bond donors (Lipinski definition) is 0. The number of rotatable bonds is 13. The molecule has 0 bridgehead atoms. The molecule has 0 aliphatic heterocycles. The van der Waals surface area contributed by atoms with Crippen molar-refractivity contribution in [3.05, 3.63) is 0 Å². The van der Waals surface area contributed by atoms with E-state index in [9.17, 15) is 9.59 Å². The Morgan fingerprint density at radius 1 is 0.600 bits per heavy atom. The lowest BCUT2D eigenvalue weighted by Crippen LogP contribution is -2.08. The van der Waals surface area contributed by atoms with Crippen molar-refractivity contribution < 1.29 is 28.5 Å². The highest BCUT2D eigenvalue weighted by molar-refractivity contribution is 5.66. The lowest BCUT2D eigenvalue weighted by Gasteiger charge is -2.05. The summed E-state index contributed by atoms with van der Waals surface area (Å²) in [6, 6.07) is 0. The van der Waals surface area contributed by atoms with Crippen LogP contribution in [0.2, 0.25) is 0 Å². The summed E-state index contributed by atoms with van der Waals surface area (Å²) < 4.78 is 20.1. The van der Waals surface area contributed by atoms with E-state index in [1.54, 1.807) is 0 Å². The number of unbranched alkanes of at least 4 members (excludes halogenated alkanes) is 3. The molecule has 0 atom stereocenters. The summed E-state index contributed by atoms with van der Waals surface area (Å²) in [5, 5.41) is 0. The van der Waals surface area contributed by atoms with Crippen LogP contribution >= 0.6 is 0 Å². The van der Waals surface area contributed by atoms with Crippen LogP contribution in [0.4, 0.5) is 0 Å². The Morgan fingerprint density at radius 3 is 1.35 bits per heavy atom. The summed E-state index contributed by atoms with van der Waals surface area (Å²) in [5.41, 5.74) is 0. The zero-order valence-electron chi connectivity index (χ0n) is 12.5. The van der Waals surface area contributed by atoms with Crippen LogP contribution in [0.3, 0.4) is 0 Å². The van der Waals surface area contributed by atoms with Gasteiger partial charge in [0.1, 0.15) is 13.2 Å². The number of carbonyl (C=O) groups is 2. The van der Waals surface area contributed by atoms with E-state index in [0.717, 1.165) is 25.7 Å². The van der Waals surface area contributed by atoms with Crippen LogP contribution in [-0.4, -0.2) is 51.6 Å². The Bertz CT molecular complexity index is 228. The van der Waals surface area contributed by atoms with Gasteiger partial charge in [0.05, 0.1) is 13.2 Å². The highest BCUT2D eigenvalue weighted by atomic mass is 16.6. The summed E-state index contributed by atoms with van der Waals surface area (Å²) in [6.07, 6.45) is 4.16. The molecule has 6 heteroatoms. The van der Waals surface area contributed by atoms with Gasteiger partial charge in [0, 0.05) is 27.1 Å². The molecule has 0 rings (SSSR count). The minimum absolute atomic E-state index is 0.276. The molecule has 0 fully saturated rings. The molecule has 0 N–H and O–H groups in total. The van der Waals surface area contributed by atoms with Gasteiger partial charge in [0.15, 0.2) is 0 Å². The molecule has 118 valence electrons. The van der Waals surface area contributed by atoms with Gasteiger partial charge in [-0.2, -0.15) is 0 Å². The quantitative estimate of drug-likeness (QED) is 0.380. The topological polar surface area (TPSA) is 71.1 Å². The minimum Gasteiger partial charge on any atom is -0.463 e. The molecule has 0 aliphatic carbocycles. The monoisotopic (exact) mass is 290 g/mol. The van der Waals surface area contributed by atoms with E-state index in [-0.39, 0.29) is 11.9 Å². The van der Waals surface area contributed by atoms with E-state index >= 15 is 0 Å². The second-order valence-corrected chi connectivity index (χ2v) is 4.32. The summed E-state index contributed by atoms with van der Waals surface area (Å²) >= 11 is 0. The van der Waals surface area contributed by atoms with Crippen LogP contribution in [0.15, 0.2) is 0 Å². The summed E-state index contributed by atoms with van der Waals surface area (Å²) in [4.78, 5) is 20.9. The van der Waals surface area contributed by atoms with Crippen LogP contribution in [-0.2, 0) is 28.5 Å². The standard InChI is InChI=1S/C14H26O6/c1-13(15)19-11-9-17-7-5-3-4-6-8-18-10-12-20-14(2)16/h3-12H2,1-2H3. The minimum atomic E-state index is -0.276. The van der Waals surface area contributed by atoms with Crippen molar-refractivity contribution in [2.45, 2.75) is 39.5 Å². The summed E-state index contributed by atoms with van der Waals surface area (Å²) in [7, 11) is 0. The van der Waals surface area contributed by atoms with E-state index in [2.05, 4.69) is 0 Å². The Hall–Kier alpha value is -1.14. The van der Waals surface area contributed by atoms with Gasteiger partial charge in [-0.15, -0.1) is 0 Å². The maximum absolute atomic E-state index is 10.5. The van der Waals surface area contributed by atoms with Gasteiger partial charge in [-0.3, -0.25) is 9.59 Å². The molecule has 0 aliphatic rings. The second kappa shape index (κ2) is 14.3. The maximum Gasteiger partial charge on any atom is 0.302 e. The molecular weight excluding hydrogens is 264 g/mol. The summed E-state index contributed by atoms with van der Waals surface area (Å²) in [6.45, 7) is 5.71.